The first-order valence-electron chi connectivity index (χ1n) is 7.67. The summed E-state index contributed by atoms with van der Waals surface area (Å²) in [5.74, 6) is -1.77. The summed E-state index contributed by atoms with van der Waals surface area (Å²) >= 11 is 11.8. The summed E-state index contributed by atoms with van der Waals surface area (Å²) in [6.07, 6.45) is 1.45. The van der Waals surface area contributed by atoms with Crippen molar-refractivity contribution in [2.75, 3.05) is 6.54 Å². The SMILES string of the molecule is O=C1NC[C@@H](c2ccccc2)[C@@H]1C(=O)N/N=C/c1ccc(Cl)c(Cl)c1. The van der Waals surface area contributed by atoms with Gasteiger partial charge in [-0.25, -0.2) is 5.43 Å². The number of hydrogen-bond acceptors (Lipinski definition) is 3. The average molecular weight is 376 g/mol. The first-order valence-corrected chi connectivity index (χ1v) is 8.42. The molecule has 3 rings (SSSR count). The molecule has 0 unspecified atom stereocenters. The molecule has 7 heteroatoms. The van der Waals surface area contributed by atoms with E-state index < -0.39 is 11.8 Å². The molecule has 0 aliphatic carbocycles. The Morgan fingerprint density at radius 1 is 1.16 bits per heavy atom. The van der Waals surface area contributed by atoms with Gasteiger partial charge in [0.2, 0.25) is 5.91 Å². The maximum absolute atomic E-state index is 12.4. The molecular formula is C18H15Cl2N3O2. The lowest BCUT2D eigenvalue weighted by Crippen LogP contribution is -2.34. The highest BCUT2D eigenvalue weighted by atomic mass is 35.5. The normalized spacial score (nSPS) is 19.8. The van der Waals surface area contributed by atoms with Crippen LogP contribution in [-0.4, -0.2) is 24.6 Å². The maximum Gasteiger partial charge on any atom is 0.253 e. The van der Waals surface area contributed by atoms with Crippen molar-refractivity contribution in [3.8, 4) is 0 Å². The monoisotopic (exact) mass is 375 g/mol. The highest BCUT2D eigenvalue weighted by Gasteiger charge is 2.40. The van der Waals surface area contributed by atoms with Crippen LogP contribution in [0.5, 0.6) is 0 Å². The minimum Gasteiger partial charge on any atom is -0.355 e. The zero-order valence-electron chi connectivity index (χ0n) is 13.1. The van der Waals surface area contributed by atoms with Crippen LogP contribution in [0.15, 0.2) is 53.6 Å². The number of nitrogens with one attached hydrogen (secondary N) is 2. The predicted octanol–water partition coefficient (Wildman–Crippen LogP) is 2.97. The molecule has 5 nitrogen and oxygen atoms in total. The second-order valence-electron chi connectivity index (χ2n) is 5.65. The standard InChI is InChI=1S/C18H15Cl2N3O2/c19-14-7-6-11(8-15(14)20)9-22-23-18(25)16-13(10-21-17(16)24)12-4-2-1-3-5-12/h1-9,13,16H,10H2,(H,21,24)(H,23,25)/b22-9+/t13-,16-/m0/s1. The lowest BCUT2D eigenvalue weighted by molar-refractivity contribution is -0.133. The van der Waals surface area contributed by atoms with Gasteiger partial charge in [-0.3, -0.25) is 9.59 Å². The van der Waals surface area contributed by atoms with Gasteiger partial charge in [0.25, 0.3) is 5.91 Å². The molecule has 1 saturated heterocycles. The minimum atomic E-state index is -0.812. The Kier molecular flexibility index (Phi) is 5.36. The second-order valence-corrected chi connectivity index (χ2v) is 6.46. The van der Waals surface area contributed by atoms with Gasteiger partial charge in [-0.05, 0) is 23.3 Å². The first-order chi connectivity index (χ1) is 12.1. The van der Waals surface area contributed by atoms with Crippen molar-refractivity contribution in [2.24, 2.45) is 11.0 Å². The molecule has 2 aromatic carbocycles. The van der Waals surface area contributed by atoms with E-state index in [1.165, 1.54) is 6.21 Å². The lowest BCUT2D eigenvalue weighted by atomic mass is 9.88. The number of nitrogens with zero attached hydrogens (tertiary/aromatic N) is 1. The Morgan fingerprint density at radius 3 is 2.64 bits per heavy atom. The van der Waals surface area contributed by atoms with Gasteiger partial charge in [0.15, 0.2) is 0 Å². The predicted molar refractivity (Wildman–Crippen MR) is 97.9 cm³/mol. The average Bonchev–Trinajstić information content (AvgIpc) is 3.00. The van der Waals surface area contributed by atoms with E-state index in [9.17, 15) is 9.59 Å². The number of hydrogen-bond donors (Lipinski definition) is 2. The number of benzene rings is 2. The highest BCUT2D eigenvalue weighted by Crippen LogP contribution is 2.29. The molecule has 2 atom stereocenters. The number of carbonyl (C=O) groups excluding carboxylic acids is 2. The first kappa shape index (κ1) is 17.5. The Balaban J connectivity index is 1.69. The number of amides is 2. The summed E-state index contributed by atoms with van der Waals surface area (Å²) in [6.45, 7) is 0.428. The summed E-state index contributed by atoms with van der Waals surface area (Å²) in [5, 5.41) is 7.49. The van der Waals surface area contributed by atoms with Crippen molar-refractivity contribution >= 4 is 41.2 Å². The van der Waals surface area contributed by atoms with E-state index in [0.29, 0.717) is 22.2 Å². The zero-order valence-corrected chi connectivity index (χ0v) is 14.6. The fraction of sp³-hybridized carbons (Fsp3) is 0.167. The number of halogens is 2. The molecule has 1 heterocycles. The van der Waals surface area contributed by atoms with Crippen LogP contribution in [0.3, 0.4) is 0 Å². The second kappa shape index (κ2) is 7.68. The Morgan fingerprint density at radius 2 is 1.92 bits per heavy atom. The van der Waals surface area contributed by atoms with Gasteiger partial charge in [0, 0.05) is 12.5 Å². The van der Waals surface area contributed by atoms with E-state index in [1.54, 1.807) is 18.2 Å². The van der Waals surface area contributed by atoms with Crippen molar-refractivity contribution in [1.82, 2.24) is 10.7 Å². The maximum atomic E-state index is 12.4. The molecule has 0 bridgehead atoms. The molecule has 128 valence electrons. The molecule has 1 aliphatic heterocycles. The number of carbonyl (C=O) groups is 2. The molecule has 0 saturated carbocycles. The summed E-state index contributed by atoms with van der Waals surface area (Å²) in [4.78, 5) is 24.5. The van der Waals surface area contributed by atoms with Crippen molar-refractivity contribution in [3.63, 3.8) is 0 Å². The van der Waals surface area contributed by atoms with Crippen molar-refractivity contribution in [3.05, 3.63) is 69.7 Å². The summed E-state index contributed by atoms with van der Waals surface area (Å²) in [5.41, 5.74) is 4.06. The third-order valence-electron chi connectivity index (χ3n) is 4.02. The number of hydrazone groups is 1. The van der Waals surface area contributed by atoms with Crippen LogP contribution in [0.1, 0.15) is 17.0 Å². The molecule has 2 aromatic rings. The largest absolute Gasteiger partial charge is 0.355 e. The highest BCUT2D eigenvalue weighted by molar-refractivity contribution is 6.42. The summed E-state index contributed by atoms with van der Waals surface area (Å²) in [6, 6.07) is 14.5. The molecule has 1 fully saturated rings. The van der Waals surface area contributed by atoms with Gasteiger partial charge in [0.1, 0.15) is 5.92 Å². The van der Waals surface area contributed by atoms with Crippen LogP contribution in [0.25, 0.3) is 0 Å². The molecular weight excluding hydrogens is 361 g/mol. The third kappa shape index (κ3) is 4.00. The topological polar surface area (TPSA) is 70.6 Å². The van der Waals surface area contributed by atoms with Crippen LogP contribution >= 0.6 is 23.2 Å². The number of rotatable bonds is 4. The van der Waals surface area contributed by atoms with Gasteiger partial charge in [-0.2, -0.15) is 5.10 Å². The van der Waals surface area contributed by atoms with Gasteiger partial charge < -0.3 is 5.32 Å². The van der Waals surface area contributed by atoms with E-state index in [4.69, 9.17) is 23.2 Å². The zero-order chi connectivity index (χ0) is 17.8. The van der Waals surface area contributed by atoms with Crippen LogP contribution in [0.2, 0.25) is 10.0 Å². The summed E-state index contributed by atoms with van der Waals surface area (Å²) < 4.78 is 0. The Labute approximate surface area is 155 Å². The molecule has 0 radical (unpaired) electrons. The fourth-order valence-corrected chi connectivity index (χ4v) is 3.07. The van der Waals surface area contributed by atoms with Gasteiger partial charge in [0.05, 0.1) is 16.3 Å². The quantitative estimate of drug-likeness (QED) is 0.489. The van der Waals surface area contributed by atoms with E-state index in [0.717, 1.165) is 5.56 Å². The fourth-order valence-electron chi connectivity index (χ4n) is 2.77. The third-order valence-corrected chi connectivity index (χ3v) is 4.76. The molecule has 2 amide bonds. The van der Waals surface area contributed by atoms with Crippen LogP contribution in [0, 0.1) is 5.92 Å². The smallest absolute Gasteiger partial charge is 0.253 e. The summed E-state index contributed by atoms with van der Waals surface area (Å²) in [7, 11) is 0. The molecule has 1 aliphatic rings. The Hall–Kier alpha value is -2.37. The molecule has 2 N–H and O–H groups in total. The van der Waals surface area contributed by atoms with E-state index in [2.05, 4.69) is 15.8 Å². The van der Waals surface area contributed by atoms with Crippen LogP contribution in [-0.2, 0) is 9.59 Å². The van der Waals surface area contributed by atoms with Crippen molar-refractivity contribution in [1.29, 1.82) is 0 Å². The van der Waals surface area contributed by atoms with Gasteiger partial charge in [-0.15, -0.1) is 0 Å². The van der Waals surface area contributed by atoms with E-state index >= 15 is 0 Å². The molecule has 25 heavy (non-hydrogen) atoms. The minimum absolute atomic E-state index is 0.214. The van der Waals surface area contributed by atoms with E-state index in [1.807, 2.05) is 30.3 Å². The van der Waals surface area contributed by atoms with Crippen LogP contribution in [0.4, 0.5) is 0 Å². The van der Waals surface area contributed by atoms with Crippen molar-refractivity contribution < 1.29 is 9.59 Å². The lowest BCUT2D eigenvalue weighted by Gasteiger charge is -2.15. The van der Waals surface area contributed by atoms with Crippen LogP contribution < -0.4 is 10.7 Å². The van der Waals surface area contributed by atoms with Gasteiger partial charge >= 0.3 is 0 Å². The molecule has 0 spiro atoms. The Bertz CT molecular complexity index is 824. The van der Waals surface area contributed by atoms with E-state index in [-0.39, 0.29) is 11.8 Å². The molecule has 0 aromatic heterocycles. The van der Waals surface area contributed by atoms with Gasteiger partial charge in [-0.1, -0.05) is 59.6 Å². The van der Waals surface area contributed by atoms with Crippen molar-refractivity contribution in [2.45, 2.75) is 5.92 Å².